The summed E-state index contributed by atoms with van der Waals surface area (Å²) in [6.07, 6.45) is 8.13. The first-order chi connectivity index (χ1) is 7.91. The lowest BCUT2D eigenvalue weighted by Gasteiger charge is -2.05. The Morgan fingerprint density at radius 2 is 2.07 bits per heavy atom. The summed E-state index contributed by atoms with van der Waals surface area (Å²) < 4.78 is 25.3. The van der Waals surface area contributed by atoms with Crippen LogP contribution in [-0.4, -0.2) is 24.9 Å². The molecule has 0 bridgehead atoms. The third-order valence-corrected chi connectivity index (χ3v) is 1.44. The number of hydrogen-bond donors (Lipinski definition) is 1. The average molecular weight is 212 g/mol. The molecule has 1 N–H and O–H groups in total. The van der Waals surface area contributed by atoms with Crippen LogP contribution in [0.4, 0.5) is 0 Å². The van der Waals surface area contributed by atoms with E-state index in [0.717, 1.165) is 0 Å². The first-order valence-electron chi connectivity index (χ1n) is 5.63. The highest BCUT2D eigenvalue weighted by Gasteiger charge is 1.90. The van der Waals surface area contributed by atoms with Gasteiger partial charge in [-0.15, -0.1) is 12.3 Å². The van der Waals surface area contributed by atoms with Crippen molar-refractivity contribution in [3.8, 4) is 12.3 Å². The number of aliphatic hydroxyl groups excluding tert-OH is 1. The summed E-state index contributed by atoms with van der Waals surface area (Å²) in [5.41, 5.74) is 0. The SMILES string of the molecule is [2H]C([2H])(/C=C(\C)OCCC#C)O/C(C)=C/CO. The third kappa shape index (κ3) is 8.92. The number of hydrogen-bond acceptors (Lipinski definition) is 3. The van der Waals surface area contributed by atoms with Gasteiger partial charge < -0.3 is 14.6 Å². The van der Waals surface area contributed by atoms with Gasteiger partial charge in [-0.05, 0) is 26.0 Å². The van der Waals surface area contributed by atoms with E-state index in [9.17, 15) is 0 Å². The van der Waals surface area contributed by atoms with Crippen LogP contribution in [0.5, 0.6) is 0 Å². The first-order valence-corrected chi connectivity index (χ1v) is 4.63. The fraction of sp³-hybridized carbons (Fsp3) is 0.500. The topological polar surface area (TPSA) is 38.7 Å². The molecule has 0 spiro atoms. The highest BCUT2D eigenvalue weighted by Crippen LogP contribution is 1.99. The van der Waals surface area contributed by atoms with Crippen molar-refractivity contribution < 1.29 is 17.3 Å². The lowest BCUT2D eigenvalue weighted by molar-refractivity contribution is 0.206. The minimum Gasteiger partial charge on any atom is -0.497 e. The van der Waals surface area contributed by atoms with Gasteiger partial charge >= 0.3 is 0 Å². The van der Waals surface area contributed by atoms with E-state index in [1.807, 2.05) is 0 Å². The van der Waals surface area contributed by atoms with Crippen molar-refractivity contribution in [2.75, 3.05) is 19.8 Å². The molecule has 15 heavy (non-hydrogen) atoms. The molecule has 3 heteroatoms. The Morgan fingerprint density at radius 3 is 2.67 bits per heavy atom. The number of rotatable bonds is 7. The number of terminal acetylenes is 1. The summed E-state index contributed by atoms with van der Waals surface area (Å²) in [5.74, 6) is 3.14. The van der Waals surface area contributed by atoms with E-state index in [-0.39, 0.29) is 6.61 Å². The van der Waals surface area contributed by atoms with Crippen LogP contribution in [0.1, 0.15) is 23.0 Å². The van der Waals surface area contributed by atoms with Gasteiger partial charge in [-0.25, -0.2) is 0 Å². The molecule has 0 amide bonds. The first kappa shape index (κ1) is 10.1. The monoisotopic (exact) mass is 212 g/mol. The van der Waals surface area contributed by atoms with Crippen molar-refractivity contribution >= 4 is 0 Å². The molecule has 0 atom stereocenters. The molecule has 0 unspecified atom stereocenters. The predicted molar refractivity (Wildman–Crippen MR) is 60.0 cm³/mol. The van der Waals surface area contributed by atoms with Crippen molar-refractivity contribution in [3.05, 3.63) is 23.7 Å². The largest absolute Gasteiger partial charge is 0.497 e. The van der Waals surface area contributed by atoms with Gasteiger partial charge in [0.15, 0.2) is 0 Å². The minimum absolute atomic E-state index is 0.191. The van der Waals surface area contributed by atoms with Gasteiger partial charge in [-0.2, -0.15) is 0 Å². The Bertz CT molecular complexity index is 327. The van der Waals surface area contributed by atoms with Crippen molar-refractivity contribution in [2.45, 2.75) is 20.3 Å². The molecule has 0 aliphatic rings. The normalized spacial score (nSPS) is 15.1. The molecule has 0 aromatic heterocycles. The summed E-state index contributed by atoms with van der Waals surface area (Å²) in [6.45, 7) is 1.37. The van der Waals surface area contributed by atoms with Gasteiger partial charge in [-0.3, -0.25) is 0 Å². The van der Waals surface area contributed by atoms with Crippen molar-refractivity contribution in [1.29, 1.82) is 0 Å². The van der Waals surface area contributed by atoms with Crippen LogP contribution in [0.3, 0.4) is 0 Å². The molecule has 3 nitrogen and oxygen atoms in total. The van der Waals surface area contributed by atoms with Crippen LogP contribution in [0, 0.1) is 12.3 Å². The summed E-state index contributed by atoms with van der Waals surface area (Å²) in [5, 5.41) is 8.62. The van der Waals surface area contributed by atoms with Gasteiger partial charge in [0.2, 0.25) is 0 Å². The maximum absolute atomic E-state index is 8.62. The van der Waals surface area contributed by atoms with E-state index in [0.29, 0.717) is 24.5 Å². The molecule has 0 aliphatic carbocycles. The highest BCUT2D eigenvalue weighted by atomic mass is 16.5. The molecule has 0 rings (SSSR count). The second-order valence-electron chi connectivity index (χ2n) is 2.77. The van der Waals surface area contributed by atoms with Crippen LogP contribution in [0.15, 0.2) is 23.7 Å². The van der Waals surface area contributed by atoms with E-state index in [2.05, 4.69) is 5.92 Å². The lowest BCUT2D eigenvalue weighted by atomic mass is 10.4. The standard InChI is InChI=1S/C12H18O3/c1-4-5-9-14-12(3)7-10-15-11(2)6-8-13/h1,6-7,13H,5,8-10H2,2-3H3/b11-6+,12-7+/i10D2. The second-order valence-corrected chi connectivity index (χ2v) is 2.77. The molecule has 0 aliphatic heterocycles. The Balaban J connectivity index is 4.35. The number of ether oxygens (including phenoxy) is 2. The van der Waals surface area contributed by atoms with E-state index < -0.39 is 6.56 Å². The fourth-order valence-corrected chi connectivity index (χ4v) is 0.688. The molecular weight excluding hydrogens is 192 g/mol. The predicted octanol–water partition coefficient (Wildman–Crippen LogP) is 1.84. The molecule has 0 heterocycles. The lowest BCUT2D eigenvalue weighted by Crippen LogP contribution is -1.95. The van der Waals surface area contributed by atoms with Crippen LogP contribution < -0.4 is 0 Å². The number of allylic oxidation sites excluding steroid dienone is 2. The molecule has 0 saturated heterocycles. The second kappa shape index (κ2) is 9.17. The van der Waals surface area contributed by atoms with Gasteiger partial charge in [0, 0.05) is 6.42 Å². The quantitative estimate of drug-likeness (QED) is 0.397. The molecule has 0 saturated carbocycles. The van der Waals surface area contributed by atoms with E-state index in [1.165, 1.54) is 12.2 Å². The van der Waals surface area contributed by atoms with Gasteiger partial charge in [0.1, 0.15) is 6.56 Å². The minimum atomic E-state index is -1.98. The summed E-state index contributed by atoms with van der Waals surface area (Å²) in [4.78, 5) is 0. The zero-order valence-corrected chi connectivity index (χ0v) is 9.12. The maximum Gasteiger partial charge on any atom is 0.109 e. The molecule has 0 fully saturated rings. The summed E-state index contributed by atoms with van der Waals surface area (Å²) >= 11 is 0. The van der Waals surface area contributed by atoms with Crippen molar-refractivity contribution in [1.82, 2.24) is 0 Å². The van der Waals surface area contributed by atoms with E-state index in [1.54, 1.807) is 13.8 Å². The smallest absolute Gasteiger partial charge is 0.109 e. The van der Waals surface area contributed by atoms with Crippen LogP contribution in [0.2, 0.25) is 0 Å². The van der Waals surface area contributed by atoms with Crippen LogP contribution in [0.25, 0.3) is 0 Å². The molecular formula is C12H18O3. The van der Waals surface area contributed by atoms with Crippen molar-refractivity contribution in [3.63, 3.8) is 0 Å². The zero-order valence-electron chi connectivity index (χ0n) is 11.1. The molecule has 0 radical (unpaired) electrons. The Hall–Kier alpha value is -1.40. The Labute approximate surface area is 94.2 Å². The maximum atomic E-state index is 8.62. The third-order valence-electron chi connectivity index (χ3n) is 1.44. The summed E-state index contributed by atoms with van der Waals surface area (Å²) in [6, 6.07) is 0. The number of aliphatic hydroxyl groups is 1. The molecule has 0 aromatic rings. The van der Waals surface area contributed by atoms with E-state index >= 15 is 0 Å². The van der Waals surface area contributed by atoms with Gasteiger partial charge in [-0.1, -0.05) is 0 Å². The Morgan fingerprint density at radius 1 is 1.40 bits per heavy atom. The van der Waals surface area contributed by atoms with Gasteiger partial charge in [0.25, 0.3) is 0 Å². The zero-order chi connectivity index (χ0) is 13.3. The molecule has 84 valence electrons. The van der Waals surface area contributed by atoms with Crippen LogP contribution in [-0.2, 0) is 9.47 Å². The summed E-state index contributed by atoms with van der Waals surface area (Å²) in [7, 11) is 0. The van der Waals surface area contributed by atoms with Gasteiger partial charge in [0.05, 0.1) is 27.5 Å². The molecule has 0 aromatic carbocycles. The average Bonchev–Trinajstić information content (AvgIpc) is 2.16. The Kier molecular flexibility index (Phi) is 6.19. The van der Waals surface area contributed by atoms with Crippen molar-refractivity contribution in [2.24, 2.45) is 0 Å². The van der Waals surface area contributed by atoms with Crippen LogP contribution >= 0.6 is 0 Å². The highest BCUT2D eigenvalue weighted by molar-refractivity contribution is 4.93. The fourth-order valence-electron chi connectivity index (χ4n) is 0.688. The van der Waals surface area contributed by atoms with E-state index in [4.69, 9.17) is 23.7 Å².